The maximum absolute atomic E-state index is 12.4. The van der Waals surface area contributed by atoms with Crippen LogP contribution >= 0.6 is 11.3 Å². The number of rotatable bonds is 3. The van der Waals surface area contributed by atoms with Crippen LogP contribution in [-0.4, -0.2) is 18.5 Å². The van der Waals surface area contributed by atoms with Crippen molar-refractivity contribution < 1.29 is 14.3 Å². The van der Waals surface area contributed by atoms with Crippen molar-refractivity contribution in [3.63, 3.8) is 0 Å². The van der Waals surface area contributed by atoms with Crippen LogP contribution in [0, 0.1) is 6.92 Å². The molecule has 1 aromatic heterocycles. The number of fused-ring (bicyclic) bond motifs is 1. The molecular weight excluding hydrogens is 300 g/mol. The second-order valence-corrected chi connectivity index (χ2v) is 6.14. The maximum atomic E-state index is 12.4. The van der Waals surface area contributed by atoms with E-state index in [1.54, 1.807) is 6.92 Å². The average molecular weight is 316 g/mol. The molecule has 0 aliphatic carbocycles. The molecule has 0 saturated heterocycles. The number of benzene rings is 1. The van der Waals surface area contributed by atoms with Gasteiger partial charge in [-0.2, -0.15) is 0 Å². The second-order valence-electron chi connectivity index (χ2n) is 4.92. The highest BCUT2D eigenvalue weighted by Crippen LogP contribution is 2.38. The summed E-state index contributed by atoms with van der Waals surface area (Å²) in [7, 11) is 0. The molecule has 1 aliphatic heterocycles. The third kappa shape index (κ3) is 2.46. The summed E-state index contributed by atoms with van der Waals surface area (Å²) in [6, 6.07) is 9.57. The van der Waals surface area contributed by atoms with Crippen LogP contribution in [0.25, 0.3) is 0 Å². The Labute approximate surface area is 132 Å². The van der Waals surface area contributed by atoms with Crippen LogP contribution in [-0.2, 0) is 4.74 Å². The Kier molecular flexibility index (Phi) is 3.85. The van der Waals surface area contributed by atoms with Crippen LogP contribution in [0.4, 0.5) is 5.69 Å². The summed E-state index contributed by atoms with van der Waals surface area (Å²) < 4.78 is 5.08. The molecule has 6 heteroatoms. The molecule has 0 radical (unpaired) electrons. The summed E-state index contributed by atoms with van der Waals surface area (Å²) in [6.45, 7) is 3.90. The minimum Gasteiger partial charge on any atom is -0.462 e. The fraction of sp³-hybridized carbons (Fsp3) is 0.250. The fourth-order valence-electron chi connectivity index (χ4n) is 2.49. The van der Waals surface area contributed by atoms with E-state index in [4.69, 9.17) is 4.74 Å². The normalized spacial score (nSPS) is 16.5. The Morgan fingerprint density at radius 1 is 1.27 bits per heavy atom. The highest BCUT2D eigenvalue weighted by Gasteiger charge is 2.32. The number of hydrogen-bond acceptors (Lipinski definition) is 5. The van der Waals surface area contributed by atoms with Gasteiger partial charge in [0.15, 0.2) is 0 Å². The summed E-state index contributed by atoms with van der Waals surface area (Å²) >= 11 is 1.28. The fourth-order valence-corrected chi connectivity index (χ4v) is 3.50. The Morgan fingerprint density at radius 3 is 2.68 bits per heavy atom. The van der Waals surface area contributed by atoms with Crippen molar-refractivity contribution in [1.82, 2.24) is 5.32 Å². The van der Waals surface area contributed by atoms with Crippen LogP contribution in [0.15, 0.2) is 30.3 Å². The van der Waals surface area contributed by atoms with Gasteiger partial charge in [0.1, 0.15) is 11.0 Å². The lowest BCUT2D eigenvalue weighted by molar-refractivity contribution is 0.0533. The molecule has 2 heterocycles. The smallest absolute Gasteiger partial charge is 0.350 e. The molecular formula is C16H16N2O3S. The summed E-state index contributed by atoms with van der Waals surface area (Å²) in [5, 5.41) is 6.17. The minimum absolute atomic E-state index is 0.174. The van der Waals surface area contributed by atoms with Crippen LogP contribution in [0.2, 0.25) is 0 Å². The molecule has 0 saturated carbocycles. The van der Waals surface area contributed by atoms with Gasteiger partial charge in [-0.25, -0.2) is 4.79 Å². The number of carbonyl (C=O) groups excluding carboxylic acids is 2. The summed E-state index contributed by atoms with van der Waals surface area (Å²) in [6.07, 6.45) is -0.358. The zero-order valence-corrected chi connectivity index (χ0v) is 13.1. The van der Waals surface area contributed by atoms with Crippen molar-refractivity contribution in [2.45, 2.75) is 20.0 Å². The largest absolute Gasteiger partial charge is 0.462 e. The number of esters is 1. The lowest BCUT2D eigenvalue weighted by atomic mass is 10.1. The third-order valence-electron chi connectivity index (χ3n) is 3.47. The van der Waals surface area contributed by atoms with E-state index in [1.165, 1.54) is 11.3 Å². The molecule has 22 heavy (non-hydrogen) atoms. The van der Waals surface area contributed by atoms with Crippen molar-refractivity contribution in [3.05, 3.63) is 51.2 Å². The van der Waals surface area contributed by atoms with Gasteiger partial charge in [0.25, 0.3) is 5.91 Å². The summed E-state index contributed by atoms with van der Waals surface area (Å²) in [4.78, 5) is 25.7. The molecule has 2 N–H and O–H groups in total. The average Bonchev–Trinajstić information content (AvgIpc) is 2.86. The molecule has 5 nitrogen and oxygen atoms in total. The number of nitrogens with one attached hydrogen (secondary N) is 2. The SMILES string of the molecule is CCOC(=O)c1sc(C)c2c1NC(c1ccccc1)NC2=O. The Bertz CT molecular complexity index is 724. The lowest BCUT2D eigenvalue weighted by Crippen LogP contribution is -2.38. The number of thiophene rings is 1. The lowest BCUT2D eigenvalue weighted by Gasteiger charge is -2.27. The standard InChI is InChI=1S/C16H16N2O3S/c1-3-21-16(20)13-12-11(9(2)22-13)15(19)18-14(17-12)10-7-5-4-6-8-10/h4-8,14,17H,3H2,1-2H3,(H,18,19). The van der Waals surface area contributed by atoms with Crippen LogP contribution in [0.5, 0.6) is 0 Å². The molecule has 2 aromatic rings. The van der Waals surface area contributed by atoms with E-state index in [-0.39, 0.29) is 12.1 Å². The van der Waals surface area contributed by atoms with Gasteiger partial charge in [-0.3, -0.25) is 4.79 Å². The zero-order chi connectivity index (χ0) is 15.7. The predicted molar refractivity (Wildman–Crippen MR) is 85.3 cm³/mol. The number of ether oxygens (including phenoxy) is 1. The molecule has 1 amide bonds. The van der Waals surface area contributed by atoms with Crippen LogP contribution < -0.4 is 10.6 Å². The van der Waals surface area contributed by atoms with Gasteiger partial charge >= 0.3 is 5.97 Å². The van der Waals surface area contributed by atoms with Gasteiger partial charge in [-0.1, -0.05) is 30.3 Å². The molecule has 1 atom stereocenters. The van der Waals surface area contributed by atoms with Gasteiger partial charge in [0.2, 0.25) is 0 Å². The zero-order valence-electron chi connectivity index (χ0n) is 12.3. The number of hydrogen-bond donors (Lipinski definition) is 2. The molecule has 114 valence electrons. The molecule has 1 aliphatic rings. The minimum atomic E-state index is -0.397. The molecule has 3 rings (SSSR count). The van der Waals surface area contributed by atoms with E-state index in [2.05, 4.69) is 10.6 Å². The highest BCUT2D eigenvalue weighted by atomic mass is 32.1. The molecule has 0 bridgehead atoms. The first-order chi connectivity index (χ1) is 10.6. The first-order valence-electron chi connectivity index (χ1n) is 7.04. The topological polar surface area (TPSA) is 67.4 Å². The number of amides is 1. The van der Waals surface area contributed by atoms with E-state index in [1.807, 2.05) is 37.3 Å². The maximum Gasteiger partial charge on any atom is 0.350 e. The van der Waals surface area contributed by atoms with Crippen molar-refractivity contribution in [1.29, 1.82) is 0 Å². The third-order valence-corrected chi connectivity index (χ3v) is 4.55. The van der Waals surface area contributed by atoms with Crippen LogP contribution in [0.1, 0.15) is 43.6 Å². The molecule has 0 fully saturated rings. The van der Waals surface area contributed by atoms with Crippen molar-refractivity contribution in [3.8, 4) is 0 Å². The highest BCUT2D eigenvalue weighted by molar-refractivity contribution is 7.15. The first-order valence-corrected chi connectivity index (χ1v) is 7.86. The molecule has 1 unspecified atom stereocenters. The van der Waals surface area contributed by atoms with Crippen molar-refractivity contribution >= 4 is 28.9 Å². The van der Waals surface area contributed by atoms with Crippen LogP contribution in [0.3, 0.4) is 0 Å². The van der Waals surface area contributed by atoms with Crippen molar-refractivity contribution in [2.75, 3.05) is 11.9 Å². The summed E-state index contributed by atoms with van der Waals surface area (Å²) in [5.74, 6) is -0.572. The predicted octanol–water partition coefficient (Wildman–Crippen LogP) is 3.09. The Hall–Kier alpha value is -2.34. The quantitative estimate of drug-likeness (QED) is 0.854. The number of aryl methyl sites for hydroxylation is 1. The van der Waals surface area contributed by atoms with Gasteiger partial charge in [0, 0.05) is 4.88 Å². The van der Waals surface area contributed by atoms with Gasteiger partial charge in [0.05, 0.1) is 17.9 Å². The van der Waals surface area contributed by atoms with E-state index in [0.29, 0.717) is 22.7 Å². The van der Waals surface area contributed by atoms with E-state index >= 15 is 0 Å². The van der Waals surface area contributed by atoms with Gasteiger partial charge in [-0.15, -0.1) is 11.3 Å². The molecule has 0 spiro atoms. The second kappa shape index (κ2) is 5.81. The van der Waals surface area contributed by atoms with Gasteiger partial charge < -0.3 is 15.4 Å². The Balaban J connectivity index is 2.01. The number of anilines is 1. The van der Waals surface area contributed by atoms with E-state index in [9.17, 15) is 9.59 Å². The van der Waals surface area contributed by atoms with E-state index in [0.717, 1.165) is 10.4 Å². The summed E-state index contributed by atoms with van der Waals surface area (Å²) in [5.41, 5.74) is 2.03. The Morgan fingerprint density at radius 2 is 2.00 bits per heavy atom. The monoisotopic (exact) mass is 316 g/mol. The molecule has 1 aromatic carbocycles. The van der Waals surface area contributed by atoms with E-state index < -0.39 is 5.97 Å². The van der Waals surface area contributed by atoms with Crippen molar-refractivity contribution in [2.24, 2.45) is 0 Å². The number of carbonyl (C=O) groups is 2. The first kappa shape index (κ1) is 14.6. The van der Waals surface area contributed by atoms with Gasteiger partial charge in [-0.05, 0) is 19.4 Å².